The van der Waals surface area contributed by atoms with E-state index in [1.165, 1.54) is 11.1 Å². The average Bonchev–Trinajstić information content (AvgIpc) is 2.42. The predicted molar refractivity (Wildman–Crippen MR) is 55.1 cm³/mol. The van der Waals surface area contributed by atoms with Crippen LogP contribution in [0.1, 0.15) is 11.1 Å². The number of hydrogen-bond acceptors (Lipinski definition) is 2. The lowest BCUT2D eigenvalue weighted by atomic mass is 10.0. The van der Waals surface area contributed by atoms with Crippen molar-refractivity contribution in [1.29, 1.82) is 0 Å². The highest BCUT2D eigenvalue weighted by Gasteiger charge is 2.33. The van der Waals surface area contributed by atoms with Crippen LogP contribution < -0.4 is 5.73 Å². The van der Waals surface area contributed by atoms with E-state index in [4.69, 9.17) is 5.73 Å². The van der Waals surface area contributed by atoms with E-state index >= 15 is 0 Å². The Labute approximate surface area is 84.2 Å². The van der Waals surface area contributed by atoms with Gasteiger partial charge in [-0.05, 0) is 11.1 Å². The Morgan fingerprint density at radius 1 is 1.23 bits per heavy atom. The summed E-state index contributed by atoms with van der Waals surface area (Å²) in [5.74, 6) is 0. The van der Waals surface area contributed by atoms with E-state index in [1.807, 2.05) is 12.1 Å². The Balaban J connectivity index is 0.000000845. The molecule has 0 aliphatic heterocycles. The van der Waals surface area contributed by atoms with Crippen molar-refractivity contribution in [1.82, 2.24) is 0 Å². The first kappa shape index (κ1) is 10.5. The molecule has 0 heterocycles. The normalized spacial score (nSPS) is 17.7. The van der Waals surface area contributed by atoms with E-state index in [1.54, 1.807) is 0 Å². The molecular weight excluding hydrogens is 186 g/mol. The zero-order chi connectivity index (χ0) is 8.60. The smallest absolute Gasteiger partial charge is 0.0849 e. The second kappa shape index (κ2) is 3.66. The number of halogens is 1. The molecule has 3 heteroatoms. The largest absolute Gasteiger partial charge is 0.388 e. The van der Waals surface area contributed by atoms with Crippen molar-refractivity contribution in [3.05, 3.63) is 35.4 Å². The first-order chi connectivity index (χ1) is 5.73. The Hall–Kier alpha value is -0.570. The van der Waals surface area contributed by atoms with Crippen molar-refractivity contribution < 1.29 is 5.11 Å². The SMILES string of the molecule is Cl.NCC1(O)Cc2ccccc2C1. The maximum Gasteiger partial charge on any atom is 0.0849 e. The zero-order valence-corrected chi connectivity index (χ0v) is 8.18. The molecule has 3 N–H and O–H groups in total. The monoisotopic (exact) mass is 199 g/mol. The molecule has 0 fully saturated rings. The number of fused-ring (bicyclic) bond motifs is 1. The molecule has 0 saturated heterocycles. The molecule has 1 aromatic rings. The van der Waals surface area contributed by atoms with Crippen molar-refractivity contribution in [2.24, 2.45) is 5.73 Å². The highest BCUT2D eigenvalue weighted by molar-refractivity contribution is 5.85. The second-order valence-electron chi connectivity index (χ2n) is 3.55. The van der Waals surface area contributed by atoms with Gasteiger partial charge in [-0.15, -0.1) is 12.4 Å². The van der Waals surface area contributed by atoms with Gasteiger partial charge >= 0.3 is 0 Å². The van der Waals surface area contributed by atoms with Gasteiger partial charge in [0.1, 0.15) is 0 Å². The van der Waals surface area contributed by atoms with E-state index in [9.17, 15) is 5.11 Å². The number of benzene rings is 1. The van der Waals surface area contributed by atoms with Gasteiger partial charge in [-0.1, -0.05) is 24.3 Å². The van der Waals surface area contributed by atoms with E-state index in [0.29, 0.717) is 19.4 Å². The first-order valence-corrected chi connectivity index (χ1v) is 4.23. The number of nitrogens with two attached hydrogens (primary N) is 1. The van der Waals surface area contributed by atoms with E-state index in [-0.39, 0.29) is 12.4 Å². The van der Waals surface area contributed by atoms with Crippen LogP contribution >= 0.6 is 12.4 Å². The molecule has 2 nitrogen and oxygen atoms in total. The minimum Gasteiger partial charge on any atom is -0.388 e. The number of hydrogen-bond donors (Lipinski definition) is 2. The van der Waals surface area contributed by atoms with Gasteiger partial charge in [-0.25, -0.2) is 0 Å². The lowest BCUT2D eigenvalue weighted by Gasteiger charge is -2.18. The molecule has 1 aliphatic rings. The summed E-state index contributed by atoms with van der Waals surface area (Å²) >= 11 is 0. The van der Waals surface area contributed by atoms with Crippen molar-refractivity contribution in [2.75, 3.05) is 6.54 Å². The molecule has 0 atom stereocenters. The third-order valence-corrected chi connectivity index (χ3v) is 2.54. The molecule has 1 aliphatic carbocycles. The lowest BCUT2D eigenvalue weighted by molar-refractivity contribution is 0.0606. The molecule has 13 heavy (non-hydrogen) atoms. The Kier molecular flexibility index (Phi) is 2.96. The number of rotatable bonds is 1. The maximum atomic E-state index is 9.90. The number of aliphatic hydroxyl groups is 1. The second-order valence-corrected chi connectivity index (χ2v) is 3.55. The van der Waals surface area contributed by atoms with Gasteiger partial charge in [0.2, 0.25) is 0 Å². The molecule has 0 unspecified atom stereocenters. The van der Waals surface area contributed by atoms with E-state index < -0.39 is 5.60 Å². The highest BCUT2D eigenvalue weighted by atomic mass is 35.5. The van der Waals surface area contributed by atoms with Crippen molar-refractivity contribution >= 4 is 12.4 Å². The van der Waals surface area contributed by atoms with Gasteiger partial charge in [-0.2, -0.15) is 0 Å². The molecule has 72 valence electrons. The van der Waals surface area contributed by atoms with Gasteiger partial charge in [0.05, 0.1) is 5.60 Å². The minimum absolute atomic E-state index is 0. The molecular formula is C10H14ClNO. The molecule has 0 radical (unpaired) electrons. The maximum absolute atomic E-state index is 9.90. The zero-order valence-electron chi connectivity index (χ0n) is 7.36. The molecule has 0 aromatic heterocycles. The van der Waals surface area contributed by atoms with Crippen LogP contribution in [0.3, 0.4) is 0 Å². The quantitative estimate of drug-likeness (QED) is 0.706. The van der Waals surface area contributed by atoms with Crippen molar-refractivity contribution in [3.8, 4) is 0 Å². The van der Waals surface area contributed by atoms with Gasteiger partial charge in [-0.3, -0.25) is 0 Å². The van der Waals surface area contributed by atoms with Gasteiger partial charge in [0.25, 0.3) is 0 Å². The third-order valence-electron chi connectivity index (χ3n) is 2.54. The predicted octanol–water partition coefficient (Wildman–Crippen LogP) is 0.897. The highest BCUT2D eigenvalue weighted by Crippen LogP contribution is 2.28. The van der Waals surface area contributed by atoms with E-state index in [2.05, 4.69) is 12.1 Å². The van der Waals surface area contributed by atoms with Crippen LogP contribution in [0, 0.1) is 0 Å². The Morgan fingerprint density at radius 2 is 1.69 bits per heavy atom. The van der Waals surface area contributed by atoms with Crippen LogP contribution in [0.5, 0.6) is 0 Å². The fraction of sp³-hybridized carbons (Fsp3) is 0.400. The summed E-state index contributed by atoms with van der Waals surface area (Å²) in [6.07, 6.45) is 1.42. The summed E-state index contributed by atoms with van der Waals surface area (Å²) in [4.78, 5) is 0. The molecule has 0 spiro atoms. The summed E-state index contributed by atoms with van der Waals surface area (Å²) in [7, 11) is 0. The van der Waals surface area contributed by atoms with Crippen LogP contribution in [-0.4, -0.2) is 17.3 Å². The van der Waals surface area contributed by atoms with Crippen molar-refractivity contribution in [3.63, 3.8) is 0 Å². The van der Waals surface area contributed by atoms with Gasteiger partial charge in [0.15, 0.2) is 0 Å². The van der Waals surface area contributed by atoms with Gasteiger partial charge in [0, 0.05) is 19.4 Å². The summed E-state index contributed by atoms with van der Waals surface area (Å²) in [6, 6.07) is 8.12. The minimum atomic E-state index is -0.677. The summed E-state index contributed by atoms with van der Waals surface area (Å²) < 4.78 is 0. The van der Waals surface area contributed by atoms with Crippen molar-refractivity contribution in [2.45, 2.75) is 18.4 Å². The first-order valence-electron chi connectivity index (χ1n) is 4.23. The Morgan fingerprint density at radius 3 is 2.08 bits per heavy atom. The molecule has 0 amide bonds. The fourth-order valence-corrected chi connectivity index (χ4v) is 1.82. The fourth-order valence-electron chi connectivity index (χ4n) is 1.82. The molecule has 0 saturated carbocycles. The summed E-state index contributed by atoms with van der Waals surface area (Å²) in [5.41, 5.74) is 7.30. The molecule has 1 aromatic carbocycles. The standard InChI is InChI=1S/C10H13NO.ClH/c11-7-10(12)5-8-3-1-2-4-9(8)6-10;/h1-4,12H,5-7,11H2;1H. The van der Waals surface area contributed by atoms with Crippen LogP contribution in [0.15, 0.2) is 24.3 Å². The lowest BCUT2D eigenvalue weighted by Crippen LogP contribution is -2.38. The van der Waals surface area contributed by atoms with Gasteiger partial charge < -0.3 is 10.8 Å². The average molecular weight is 200 g/mol. The molecule has 0 bridgehead atoms. The summed E-state index contributed by atoms with van der Waals surface area (Å²) in [6.45, 7) is 0.349. The Bertz CT molecular complexity index is 276. The van der Waals surface area contributed by atoms with E-state index in [0.717, 1.165) is 0 Å². The molecule has 2 rings (SSSR count). The van der Waals surface area contributed by atoms with Crippen LogP contribution in [0.4, 0.5) is 0 Å². The third kappa shape index (κ3) is 1.85. The van der Waals surface area contributed by atoms with Crippen LogP contribution in [0.2, 0.25) is 0 Å². The topological polar surface area (TPSA) is 46.2 Å². The van der Waals surface area contributed by atoms with Crippen LogP contribution in [-0.2, 0) is 12.8 Å². The summed E-state index contributed by atoms with van der Waals surface area (Å²) in [5, 5.41) is 9.90. The van der Waals surface area contributed by atoms with Crippen LogP contribution in [0.25, 0.3) is 0 Å².